The molecule has 29 heavy (non-hydrogen) atoms. The molecular formula is C21H22FN3O4. The number of hydrogen-bond acceptors (Lipinski definition) is 5. The lowest BCUT2D eigenvalue weighted by atomic mass is 9.93. The van der Waals surface area contributed by atoms with Gasteiger partial charge in [0.2, 0.25) is 0 Å². The second-order valence-electron chi connectivity index (χ2n) is 6.85. The molecule has 1 aliphatic carbocycles. The highest BCUT2D eigenvalue weighted by atomic mass is 19.1. The molecule has 0 spiro atoms. The fourth-order valence-corrected chi connectivity index (χ4v) is 3.61. The lowest BCUT2D eigenvalue weighted by Gasteiger charge is -2.29. The van der Waals surface area contributed by atoms with Gasteiger partial charge in [-0.1, -0.05) is 5.92 Å². The van der Waals surface area contributed by atoms with Crippen LogP contribution in [0.15, 0.2) is 23.3 Å². The first-order valence-corrected chi connectivity index (χ1v) is 9.34. The van der Waals surface area contributed by atoms with E-state index in [9.17, 15) is 18.8 Å². The average molecular weight is 399 g/mol. The molecule has 0 unspecified atom stereocenters. The molecule has 0 atom stereocenters. The number of terminal acetylenes is 1. The molecule has 0 fully saturated rings. The number of halogens is 1. The van der Waals surface area contributed by atoms with Gasteiger partial charge in [0.15, 0.2) is 12.4 Å². The van der Waals surface area contributed by atoms with Crippen molar-refractivity contribution in [1.29, 1.82) is 0 Å². The molecule has 0 aromatic heterocycles. The third kappa shape index (κ3) is 3.61. The fourth-order valence-electron chi connectivity index (χ4n) is 3.61. The third-order valence-electron chi connectivity index (χ3n) is 4.85. The Labute approximate surface area is 168 Å². The number of carbonyl (C=O) groups excluding carboxylic acids is 3. The summed E-state index contributed by atoms with van der Waals surface area (Å²) in [5.41, 5.74) is 0.992. The second kappa shape index (κ2) is 8.45. The van der Waals surface area contributed by atoms with Gasteiger partial charge < -0.3 is 10.1 Å². The molecule has 1 aromatic carbocycles. The maximum Gasteiger partial charge on any atom is 0.265 e. The summed E-state index contributed by atoms with van der Waals surface area (Å²) in [6.07, 6.45) is 8.01. The number of ether oxygens (including phenoxy) is 1. The third-order valence-corrected chi connectivity index (χ3v) is 4.85. The zero-order valence-corrected chi connectivity index (χ0v) is 16.4. The Hall–Kier alpha value is -3.18. The van der Waals surface area contributed by atoms with Crippen LogP contribution in [0.5, 0.6) is 5.75 Å². The Balaban J connectivity index is 0.000000755. The van der Waals surface area contributed by atoms with Crippen molar-refractivity contribution in [2.24, 2.45) is 0 Å². The molecule has 0 saturated carbocycles. The second-order valence-corrected chi connectivity index (χ2v) is 6.85. The minimum Gasteiger partial charge on any atom is -0.481 e. The van der Waals surface area contributed by atoms with Crippen LogP contribution >= 0.6 is 0 Å². The van der Waals surface area contributed by atoms with Crippen molar-refractivity contribution in [1.82, 2.24) is 5.32 Å². The van der Waals surface area contributed by atoms with Crippen LogP contribution in [0.1, 0.15) is 25.7 Å². The fraction of sp³-hybridized carbons (Fsp3) is 0.381. The van der Waals surface area contributed by atoms with Gasteiger partial charge in [-0.25, -0.2) is 9.29 Å². The van der Waals surface area contributed by atoms with Crippen molar-refractivity contribution in [3.8, 4) is 18.1 Å². The van der Waals surface area contributed by atoms with Crippen molar-refractivity contribution in [2.75, 3.05) is 37.0 Å². The maximum atomic E-state index is 14.7. The van der Waals surface area contributed by atoms with Gasteiger partial charge in [-0.2, -0.15) is 0 Å². The van der Waals surface area contributed by atoms with Crippen molar-refractivity contribution < 1.29 is 23.5 Å². The predicted molar refractivity (Wildman–Crippen MR) is 106 cm³/mol. The monoisotopic (exact) mass is 399 g/mol. The first-order chi connectivity index (χ1) is 13.9. The Bertz CT molecular complexity index is 920. The van der Waals surface area contributed by atoms with Crippen LogP contribution in [0, 0.1) is 18.2 Å². The van der Waals surface area contributed by atoms with E-state index >= 15 is 0 Å². The molecule has 152 valence electrons. The van der Waals surface area contributed by atoms with Crippen LogP contribution in [-0.4, -0.2) is 45.0 Å². The number of nitrogens with one attached hydrogen (secondary N) is 1. The van der Waals surface area contributed by atoms with Gasteiger partial charge in [0.1, 0.15) is 5.75 Å². The summed E-state index contributed by atoms with van der Waals surface area (Å²) in [4.78, 5) is 39.5. The van der Waals surface area contributed by atoms with Gasteiger partial charge in [-0.15, -0.1) is 6.42 Å². The zero-order chi connectivity index (χ0) is 21.1. The van der Waals surface area contributed by atoms with Gasteiger partial charge in [0, 0.05) is 17.2 Å². The maximum absolute atomic E-state index is 14.7. The smallest absolute Gasteiger partial charge is 0.265 e. The summed E-state index contributed by atoms with van der Waals surface area (Å²) < 4.78 is 19.9. The number of amides is 3. The minimum atomic E-state index is -0.764. The molecule has 3 aliphatic rings. The van der Waals surface area contributed by atoms with Crippen molar-refractivity contribution >= 4 is 29.1 Å². The number of benzene rings is 1. The summed E-state index contributed by atoms with van der Waals surface area (Å²) in [7, 11) is 3.75. The number of anilines is 2. The number of imide groups is 1. The van der Waals surface area contributed by atoms with E-state index in [2.05, 4.69) is 11.2 Å². The number of hydrogen-bond donors (Lipinski definition) is 1. The summed E-state index contributed by atoms with van der Waals surface area (Å²) in [6, 6.07) is 2.37. The first kappa shape index (κ1) is 20.6. The van der Waals surface area contributed by atoms with E-state index in [1.165, 1.54) is 11.0 Å². The van der Waals surface area contributed by atoms with Gasteiger partial charge >= 0.3 is 0 Å². The normalized spacial score (nSPS) is 17.9. The van der Waals surface area contributed by atoms with E-state index in [0.717, 1.165) is 23.8 Å². The molecule has 1 N–H and O–H groups in total. The molecule has 0 radical (unpaired) electrons. The molecule has 0 saturated heterocycles. The average Bonchev–Trinajstić information content (AvgIpc) is 2.96. The molecule has 0 bridgehead atoms. The van der Waals surface area contributed by atoms with Crippen LogP contribution in [0.25, 0.3) is 0 Å². The Kier molecular flexibility index (Phi) is 5.99. The highest BCUT2D eigenvalue weighted by molar-refractivity contribution is 6.33. The summed E-state index contributed by atoms with van der Waals surface area (Å²) >= 11 is 0. The molecular weight excluding hydrogens is 377 g/mol. The molecule has 2 aliphatic heterocycles. The molecule has 2 heterocycles. The molecule has 3 amide bonds. The van der Waals surface area contributed by atoms with Crippen molar-refractivity contribution in [3.05, 3.63) is 29.1 Å². The van der Waals surface area contributed by atoms with Crippen molar-refractivity contribution in [3.63, 3.8) is 0 Å². The SMILES string of the molecule is C#CCN1C(=O)COc2cc(F)c(N3C(=O)C4=C(CCCC4)C3=O)cc21.CNC. The van der Waals surface area contributed by atoms with E-state index in [1.54, 1.807) is 0 Å². The zero-order valence-electron chi connectivity index (χ0n) is 16.4. The number of rotatable bonds is 2. The molecule has 1 aromatic rings. The van der Waals surface area contributed by atoms with Gasteiger partial charge in [0.05, 0.1) is 17.9 Å². The highest BCUT2D eigenvalue weighted by Crippen LogP contribution is 2.41. The minimum absolute atomic E-state index is 0.0170. The number of nitrogens with zero attached hydrogens (tertiary/aromatic N) is 2. The van der Waals surface area contributed by atoms with Crippen LogP contribution < -0.4 is 19.9 Å². The topological polar surface area (TPSA) is 79.0 Å². The quantitative estimate of drug-likeness (QED) is 0.606. The van der Waals surface area contributed by atoms with Crippen LogP contribution in [0.2, 0.25) is 0 Å². The number of carbonyl (C=O) groups is 3. The summed E-state index contributed by atoms with van der Waals surface area (Å²) in [5.74, 6) is 0.406. The lowest BCUT2D eigenvalue weighted by molar-refractivity contribution is -0.121. The standard InChI is InChI=1S/C19H15FN2O4.C2H7N/c1-2-7-21-15-9-14(13(20)8-16(15)26-10-17(21)23)22-18(24)11-5-3-4-6-12(11)19(22)25;1-3-2/h1,8-9H,3-7,10H2;3H,1-2H3. The Morgan fingerprint density at radius 3 is 2.24 bits per heavy atom. The Morgan fingerprint density at radius 2 is 1.69 bits per heavy atom. The van der Waals surface area contributed by atoms with Gasteiger partial charge in [0.25, 0.3) is 17.7 Å². The Morgan fingerprint density at radius 1 is 1.10 bits per heavy atom. The van der Waals surface area contributed by atoms with E-state index in [0.29, 0.717) is 24.0 Å². The summed E-state index contributed by atoms with van der Waals surface area (Å²) in [6.45, 7) is -0.262. The molecule has 7 nitrogen and oxygen atoms in total. The predicted octanol–water partition coefficient (Wildman–Crippen LogP) is 1.76. The molecule has 4 rings (SSSR count). The van der Waals surface area contributed by atoms with Crippen LogP contribution in [0.4, 0.5) is 15.8 Å². The molecule has 8 heteroatoms. The van der Waals surface area contributed by atoms with Gasteiger partial charge in [-0.05, 0) is 45.8 Å². The number of fused-ring (bicyclic) bond motifs is 1. The van der Waals surface area contributed by atoms with Crippen LogP contribution in [-0.2, 0) is 14.4 Å². The largest absolute Gasteiger partial charge is 0.481 e. The van der Waals surface area contributed by atoms with E-state index in [4.69, 9.17) is 11.2 Å². The summed E-state index contributed by atoms with van der Waals surface area (Å²) in [5, 5.41) is 2.75. The van der Waals surface area contributed by atoms with Crippen molar-refractivity contribution in [2.45, 2.75) is 25.7 Å². The van der Waals surface area contributed by atoms with E-state index in [-0.39, 0.29) is 36.2 Å². The van der Waals surface area contributed by atoms with Crippen LogP contribution in [0.3, 0.4) is 0 Å². The highest BCUT2D eigenvalue weighted by Gasteiger charge is 2.41. The first-order valence-electron chi connectivity index (χ1n) is 9.34. The van der Waals surface area contributed by atoms with E-state index < -0.39 is 17.6 Å². The van der Waals surface area contributed by atoms with E-state index in [1.807, 2.05) is 14.1 Å². The van der Waals surface area contributed by atoms with Gasteiger partial charge in [-0.3, -0.25) is 19.3 Å². The lowest BCUT2D eigenvalue weighted by Crippen LogP contribution is -2.39.